The number of benzene rings is 1. The molecule has 3 heterocycles. The number of esters is 1. The van der Waals surface area contributed by atoms with Gasteiger partial charge in [-0.3, -0.25) is 9.59 Å². The van der Waals surface area contributed by atoms with Gasteiger partial charge in [0.25, 0.3) is 0 Å². The molecule has 2 aromatic rings. The first kappa shape index (κ1) is 20.2. The van der Waals surface area contributed by atoms with Gasteiger partial charge in [0.2, 0.25) is 17.7 Å². The standard InChI is InChI=1S/C21H19N3O7/c1-3-29-18(26)16-17(23)31-13-8-10(2)30-19(27)15(13)21(16)11-6-4-5-7-12(11)24(20(21)28)9-14(22)25/h4-8H,3,9,23H2,1-2H3,(H2,22,25). The van der Waals surface area contributed by atoms with Gasteiger partial charge < -0.3 is 30.3 Å². The zero-order chi connectivity index (χ0) is 22.5. The molecule has 4 rings (SSSR count). The van der Waals surface area contributed by atoms with Crippen LogP contribution in [0.4, 0.5) is 5.69 Å². The van der Waals surface area contributed by atoms with E-state index in [4.69, 9.17) is 25.4 Å². The quantitative estimate of drug-likeness (QED) is 0.658. The van der Waals surface area contributed by atoms with Gasteiger partial charge >= 0.3 is 11.6 Å². The van der Waals surface area contributed by atoms with Crippen molar-refractivity contribution in [2.75, 3.05) is 18.1 Å². The zero-order valence-electron chi connectivity index (χ0n) is 16.8. The van der Waals surface area contributed by atoms with Crippen LogP contribution in [0.2, 0.25) is 0 Å². The number of hydrogen-bond donors (Lipinski definition) is 2. The second kappa shape index (κ2) is 7.01. The lowest BCUT2D eigenvalue weighted by molar-refractivity contribution is -0.140. The maximum absolute atomic E-state index is 13.9. The molecule has 4 N–H and O–H groups in total. The van der Waals surface area contributed by atoms with Crippen molar-refractivity contribution in [3.63, 3.8) is 0 Å². The molecular formula is C21H19N3O7. The number of nitrogens with zero attached hydrogens (tertiary/aromatic N) is 1. The second-order valence-corrected chi connectivity index (χ2v) is 7.07. The van der Waals surface area contributed by atoms with Gasteiger partial charge in [-0.05, 0) is 19.9 Å². The number of aryl methyl sites for hydroxylation is 1. The average Bonchev–Trinajstić information content (AvgIpc) is 2.91. The molecule has 160 valence electrons. The third-order valence-corrected chi connectivity index (χ3v) is 5.21. The van der Waals surface area contributed by atoms with Crippen molar-refractivity contribution >= 4 is 23.5 Å². The predicted octanol–water partition coefficient (Wildman–Crippen LogP) is 0.192. The Morgan fingerprint density at radius 1 is 1.23 bits per heavy atom. The molecule has 1 spiro atoms. The topological polar surface area (TPSA) is 155 Å². The summed E-state index contributed by atoms with van der Waals surface area (Å²) in [6.45, 7) is 2.63. The third-order valence-electron chi connectivity index (χ3n) is 5.21. The second-order valence-electron chi connectivity index (χ2n) is 7.07. The van der Waals surface area contributed by atoms with Crippen molar-refractivity contribution in [3.05, 3.63) is 69.1 Å². The molecule has 1 aromatic carbocycles. The van der Waals surface area contributed by atoms with E-state index >= 15 is 0 Å². The summed E-state index contributed by atoms with van der Waals surface area (Å²) in [7, 11) is 0. The van der Waals surface area contributed by atoms with Crippen LogP contribution in [-0.4, -0.2) is 30.9 Å². The highest BCUT2D eigenvalue weighted by molar-refractivity contribution is 6.19. The molecule has 0 fully saturated rings. The number of fused-ring (bicyclic) bond motifs is 4. The lowest BCUT2D eigenvalue weighted by atomic mass is 9.69. The Hall–Kier alpha value is -4.08. The fraction of sp³-hybridized carbons (Fsp3) is 0.238. The van der Waals surface area contributed by atoms with Crippen LogP contribution >= 0.6 is 0 Å². The Morgan fingerprint density at radius 2 is 1.94 bits per heavy atom. The van der Waals surface area contributed by atoms with Crippen molar-refractivity contribution in [1.29, 1.82) is 0 Å². The van der Waals surface area contributed by atoms with E-state index in [1.54, 1.807) is 31.2 Å². The van der Waals surface area contributed by atoms with Gasteiger partial charge in [0.05, 0.1) is 6.61 Å². The minimum atomic E-state index is -2.02. The molecule has 2 amide bonds. The van der Waals surface area contributed by atoms with Crippen molar-refractivity contribution in [1.82, 2.24) is 0 Å². The molecule has 1 unspecified atom stereocenters. The number of hydrogen-bond acceptors (Lipinski definition) is 8. The number of carbonyl (C=O) groups is 3. The Bertz CT molecular complexity index is 1230. The smallest absolute Gasteiger partial charge is 0.344 e. The molecule has 0 radical (unpaired) electrons. The van der Waals surface area contributed by atoms with Gasteiger partial charge in [0.1, 0.15) is 34.6 Å². The molecule has 1 atom stereocenters. The maximum Gasteiger partial charge on any atom is 0.344 e. The Labute approximate surface area is 176 Å². The normalized spacial score (nSPS) is 19.2. The summed E-state index contributed by atoms with van der Waals surface area (Å²) in [6.07, 6.45) is 0. The Balaban J connectivity index is 2.15. The van der Waals surface area contributed by atoms with Gasteiger partial charge in [0, 0.05) is 17.3 Å². The van der Waals surface area contributed by atoms with Crippen molar-refractivity contribution in [2.24, 2.45) is 11.5 Å². The number of anilines is 1. The Kier molecular flexibility index (Phi) is 4.57. The lowest BCUT2D eigenvalue weighted by Crippen LogP contribution is -2.52. The first-order valence-corrected chi connectivity index (χ1v) is 9.43. The van der Waals surface area contributed by atoms with Crippen LogP contribution in [0, 0.1) is 6.92 Å². The summed E-state index contributed by atoms with van der Waals surface area (Å²) in [6, 6.07) is 7.82. The fourth-order valence-electron chi connectivity index (χ4n) is 4.19. The summed E-state index contributed by atoms with van der Waals surface area (Å²) in [5.74, 6) is -2.67. The van der Waals surface area contributed by atoms with E-state index in [0.29, 0.717) is 5.69 Å². The van der Waals surface area contributed by atoms with Crippen LogP contribution in [-0.2, 0) is 24.5 Å². The van der Waals surface area contributed by atoms with Crippen LogP contribution in [0.15, 0.2) is 51.0 Å². The highest BCUT2D eigenvalue weighted by Crippen LogP contribution is 2.54. The number of nitrogens with two attached hydrogens (primary N) is 2. The van der Waals surface area contributed by atoms with Gasteiger partial charge in [0.15, 0.2) is 0 Å². The Morgan fingerprint density at radius 3 is 2.61 bits per heavy atom. The lowest BCUT2D eigenvalue weighted by Gasteiger charge is -2.34. The summed E-state index contributed by atoms with van der Waals surface area (Å²) in [5.41, 5.74) is 8.54. The largest absolute Gasteiger partial charge is 0.462 e. The third kappa shape index (κ3) is 2.71. The highest BCUT2D eigenvalue weighted by Gasteiger charge is 2.63. The van der Waals surface area contributed by atoms with E-state index in [1.807, 2.05) is 0 Å². The molecule has 0 saturated carbocycles. The molecule has 31 heavy (non-hydrogen) atoms. The van der Waals surface area contributed by atoms with Crippen molar-refractivity contribution in [2.45, 2.75) is 19.3 Å². The zero-order valence-corrected chi connectivity index (χ0v) is 16.8. The number of amides is 2. The number of primary amides is 1. The van der Waals surface area contributed by atoms with Gasteiger partial charge in [-0.25, -0.2) is 9.59 Å². The molecule has 1 aromatic heterocycles. The van der Waals surface area contributed by atoms with E-state index in [2.05, 4.69) is 0 Å². The van der Waals surface area contributed by atoms with E-state index in [0.717, 1.165) is 4.90 Å². The molecule has 0 saturated heterocycles. The van der Waals surface area contributed by atoms with Crippen molar-refractivity contribution < 1.29 is 28.3 Å². The van der Waals surface area contributed by atoms with Crippen LogP contribution in [0.5, 0.6) is 5.75 Å². The molecule has 2 aliphatic rings. The highest BCUT2D eigenvalue weighted by atomic mass is 16.5. The van der Waals surface area contributed by atoms with E-state index in [-0.39, 0.29) is 40.7 Å². The minimum absolute atomic E-state index is 0.0120. The van der Waals surface area contributed by atoms with Crippen LogP contribution in [0.3, 0.4) is 0 Å². The van der Waals surface area contributed by atoms with Crippen LogP contribution in [0.25, 0.3) is 0 Å². The number of para-hydroxylation sites is 1. The first-order valence-electron chi connectivity index (χ1n) is 9.43. The molecule has 2 aliphatic heterocycles. The molecular weight excluding hydrogens is 406 g/mol. The average molecular weight is 425 g/mol. The fourth-order valence-corrected chi connectivity index (χ4v) is 4.19. The predicted molar refractivity (Wildman–Crippen MR) is 107 cm³/mol. The van der Waals surface area contributed by atoms with Gasteiger partial charge in [-0.1, -0.05) is 18.2 Å². The summed E-state index contributed by atoms with van der Waals surface area (Å²) in [5, 5.41) is 0. The molecule has 0 bridgehead atoms. The SMILES string of the molecule is CCOC(=O)C1=C(N)Oc2cc(C)oc(=O)c2C12C(=O)N(CC(N)=O)c1ccccc12. The van der Waals surface area contributed by atoms with Crippen LogP contribution < -0.4 is 26.7 Å². The number of rotatable bonds is 4. The number of carbonyl (C=O) groups excluding carboxylic acids is 3. The van der Waals surface area contributed by atoms with E-state index in [1.165, 1.54) is 13.0 Å². The molecule has 0 aliphatic carbocycles. The summed E-state index contributed by atoms with van der Waals surface area (Å²) < 4.78 is 16.0. The molecule has 10 heteroatoms. The number of ether oxygens (including phenoxy) is 2. The van der Waals surface area contributed by atoms with Crippen LogP contribution in [0.1, 0.15) is 23.8 Å². The minimum Gasteiger partial charge on any atom is -0.462 e. The maximum atomic E-state index is 13.9. The van der Waals surface area contributed by atoms with E-state index in [9.17, 15) is 19.2 Å². The molecule has 10 nitrogen and oxygen atoms in total. The first-order chi connectivity index (χ1) is 14.7. The van der Waals surface area contributed by atoms with Crippen molar-refractivity contribution in [3.8, 4) is 5.75 Å². The van der Waals surface area contributed by atoms with Gasteiger partial charge in [-0.2, -0.15) is 0 Å². The van der Waals surface area contributed by atoms with E-state index < -0.39 is 35.4 Å². The summed E-state index contributed by atoms with van der Waals surface area (Å²) in [4.78, 5) is 52.8. The monoisotopic (exact) mass is 425 g/mol. The summed E-state index contributed by atoms with van der Waals surface area (Å²) >= 11 is 0. The van der Waals surface area contributed by atoms with Gasteiger partial charge in [-0.15, -0.1) is 0 Å².